The van der Waals surface area contributed by atoms with Gasteiger partial charge in [0.05, 0.1) is 16.5 Å². The number of nitrogens with zero attached hydrogens (tertiary/aromatic N) is 2. The number of nitrogens with two attached hydrogens (primary N) is 1. The predicted octanol–water partition coefficient (Wildman–Crippen LogP) is 4.01. The maximum absolute atomic E-state index is 6.16. The van der Waals surface area contributed by atoms with E-state index in [0.717, 1.165) is 21.4 Å². The smallest absolute Gasteiger partial charge is 0.143 e. The minimum atomic E-state index is -0.0572. The van der Waals surface area contributed by atoms with E-state index in [0.29, 0.717) is 11.6 Å². The van der Waals surface area contributed by atoms with Crippen LogP contribution in [0.4, 0.5) is 5.82 Å². The van der Waals surface area contributed by atoms with Gasteiger partial charge in [-0.1, -0.05) is 44.5 Å². The Hall–Kier alpha value is -1.30. The molecule has 0 amide bonds. The van der Waals surface area contributed by atoms with Gasteiger partial charge in [-0.2, -0.15) is 0 Å². The molecule has 0 atom stereocenters. The first-order valence-corrected chi connectivity index (χ1v) is 7.99. The number of nitrogens with one attached hydrogen (secondary N) is 1. The highest BCUT2D eigenvalue weighted by molar-refractivity contribution is 7.98. The van der Waals surface area contributed by atoms with Crippen LogP contribution in [0.15, 0.2) is 35.2 Å². The molecule has 6 heteroatoms. The largest absolute Gasteiger partial charge is 0.308 e. The molecule has 0 saturated carbocycles. The molecule has 112 valence electrons. The number of nitrogen functional groups attached to an aromatic ring is 1. The third kappa shape index (κ3) is 4.33. The summed E-state index contributed by atoms with van der Waals surface area (Å²) in [5, 5.41) is 0.742. The van der Waals surface area contributed by atoms with E-state index in [-0.39, 0.29) is 5.41 Å². The summed E-state index contributed by atoms with van der Waals surface area (Å²) in [5.74, 6) is 7.50. The van der Waals surface area contributed by atoms with E-state index in [1.165, 1.54) is 0 Å². The van der Waals surface area contributed by atoms with Gasteiger partial charge in [0.1, 0.15) is 11.6 Å². The van der Waals surface area contributed by atoms with Gasteiger partial charge in [-0.15, -0.1) is 11.8 Å². The second kappa shape index (κ2) is 6.64. The lowest BCUT2D eigenvalue weighted by molar-refractivity contribution is 0.564. The summed E-state index contributed by atoms with van der Waals surface area (Å²) in [4.78, 5) is 10.0. The van der Waals surface area contributed by atoms with Crippen LogP contribution in [-0.2, 0) is 11.2 Å². The molecule has 0 aliphatic heterocycles. The van der Waals surface area contributed by atoms with E-state index >= 15 is 0 Å². The lowest BCUT2D eigenvalue weighted by Gasteiger charge is -2.19. The second-order valence-corrected chi connectivity index (χ2v) is 7.09. The van der Waals surface area contributed by atoms with Gasteiger partial charge in [0.15, 0.2) is 0 Å². The van der Waals surface area contributed by atoms with Crippen LogP contribution in [0.1, 0.15) is 32.3 Å². The fourth-order valence-corrected chi connectivity index (χ4v) is 2.82. The SMILES string of the molecule is CC(C)(C)c1cc(NN)nc(CSc2ccccc2Cl)n1. The highest BCUT2D eigenvalue weighted by atomic mass is 35.5. The van der Waals surface area contributed by atoms with E-state index in [4.69, 9.17) is 17.4 Å². The van der Waals surface area contributed by atoms with Gasteiger partial charge in [0.25, 0.3) is 0 Å². The molecule has 3 N–H and O–H groups in total. The number of hydrogen-bond acceptors (Lipinski definition) is 5. The minimum absolute atomic E-state index is 0.0572. The Labute approximate surface area is 134 Å². The summed E-state index contributed by atoms with van der Waals surface area (Å²) in [6.45, 7) is 6.34. The molecule has 1 aromatic carbocycles. The molecule has 0 aliphatic rings. The van der Waals surface area contributed by atoms with Crippen molar-refractivity contribution in [2.24, 2.45) is 5.84 Å². The van der Waals surface area contributed by atoms with Crippen LogP contribution in [-0.4, -0.2) is 9.97 Å². The van der Waals surface area contributed by atoms with Crippen molar-refractivity contribution in [2.75, 3.05) is 5.43 Å². The molecule has 1 aromatic heterocycles. The zero-order valence-electron chi connectivity index (χ0n) is 12.4. The highest BCUT2D eigenvalue weighted by Crippen LogP contribution is 2.29. The molecule has 0 saturated heterocycles. The average Bonchev–Trinajstić information content (AvgIpc) is 2.45. The molecule has 2 rings (SSSR count). The van der Waals surface area contributed by atoms with Crippen LogP contribution in [0.3, 0.4) is 0 Å². The molecular weight excluding hydrogens is 304 g/mol. The topological polar surface area (TPSA) is 63.8 Å². The molecule has 2 aromatic rings. The maximum Gasteiger partial charge on any atom is 0.143 e. The fraction of sp³-hybridized carbons (Fsp3) is 0.333. The molecule has 0 radical (unpaired) electrons. The molecule has 1 heterocycles. The lowest BCUT2D eigenvalue weighted by Crippen LogP contribution is -2.18. The van der Waals surface area contributed by atoms with E-state index in [9.17, 15) is 0 Å². The Morgan fingerprint density at radius 3 is 2.57 bits per heavy atom. The summed E-state index contributed by atoms with van der Waals surface area (Å²) < 4.78 is 0. The number of rotatable bonds is 4. The Morgan fingerprint density at radius 2 is 1.95 bits per heavy atom. The molecule has 0 spiro atoms. The van der Waals surface area contributed by atoms with Crippen LogP contribution < -0.4 is 11.3 Å². The zero-order valence-corrected chi connectivity index (χ0v) is 13.9. The molecule has 21 heavy (non-hydrogen) atoms. The second-order valence-electron chi connectivity index (χ2n) is 5.67. The normalized spacial score (nSPS) is 11.5. The quantitative estimate of drug-likeness (QED) is 0.506. The van der Waals surface area contributed by atoms with Crippen molar-refractivity contribution in [2.45, 2.75) is 36.8 Å². The third-order valence-electron chi connectivity index (χ3n) is 2.88. The van der Waals surface area contributed by atoms with Crippen molar-refractivity contribution >= 4 is 29.2 Å². The van der Waals surface area contributed by atoms with Gasteiger partial charge in [-0.25, -0.2) is 15.8 Å². The van der Waals surface area contributed by atoms with Gasteiger partial charge in [0.2, 0.25) is 0 Å². The van der Waals surface area contributed by atoms with Crippen LogP contribution in [0.25, 0.3) is 0 Å². The summed E-state index contributed by atoms with van der Waals surface area (Å²) in [5.41, 5.74) is 3.50. The number of hydrogen-bond donors (Lipinski definition) is 2. The summed E-state index contributed by atoms with van der Waals surface area (Å²) in [6, 6.07) is 9.63. The molecule has 0 aliphatic carbocycles. The van der Waals surface area contributed by atoms with Crippen molar-refractivity contribution in [3.63, 3.8) is 0 Å². The highest BCUT2D eigenvalue weighted by Gasteiger charge is 2.18. The fourth-order valence-electron chi connectivity index (χ4n) is 1.72. The van der Waals surface area contributed by atoms with Crippen molar-refractivity contribution in [3.8, 4) is 0 Å². The van der Waals surface area contributed by atoms with E-state index in [2.05, 4.69) is 36.2 Å². The van der Waals surface area contributed by atoms with E-state index in [1.807, 2.05) is 30.3 Å². The van der Waals surface area contributed by atoms with Crippen LogP contribution in [0.5, 0.6) is 0 Å². The maximum atomic E-state index is 6.16. The van der Waals surface area contributed by atoms with E-state index < -0.39 is 0 Å². The Bertz CT molecular complexity index is 625. The van der Waals surface area contributed by atoms with Gasteiger partial charge >= 0.3 is 0 Å². The number of aromatic nitrogens is 2. The number of thioether (sulfide) groups is 1. The van der Waals surface area contributed by atoms with Gasteiger partial charge in [0, 0.05) is 16.4 Å². The molecule has 0 unspecified atom stereocenters. The Morgan fingerprint density at radius 1 is 1.24 bits per heavy atom. The number of benzene rings is 1. The van der Waals surface area contributed by atoms with Gasteiger partial charge in [-0.05, 0) is 12.1 Å². The Kier molecular flexibility index (Phi) is 5.08. The summed E-state index contributed by atoms with van der Waals surface area (Å²) in [6.07, 6.45) is 0. The van der Waals surface area contributed by atoms with Crippen LogP contribution >= 0.6 is 23.4 Å². The average molecular weight is 323 g/mol. The van der Waals surface area contributed by atoms with Gasteiger partial charge < -0.3 is 5.43 Å². The van der Waals surface area contributed by atoms with Crippen molar-refractivity contribution in [3.05, 3.63) is 46.9 Å². The molecule has 4 nitrogen and oxygen atoms in total. The summed E-state index contributed by atoms with van der Waals surface area (Å²) >= 11 is 7.77. The number of anilines is 1. The standard InChI is InChI=1S/C15H19ClN4S/c1-15(2,3)12-8-13(20-17)19-14(18-12)9-21-11-7-5-4-6-10(11)16/h4-8H,9,17H2,1-3H3,(H,18,19,20). The van der Waals surface area contributed by atoms with Crippen molar-refractivity contribution in [1.82, 2.24) is 9.97 Å². The first-order chi connectivity index (χ1) is 9.90. The molecular formula is C15H19ClN4S. The van der Waals surface area contributed by atoms with Crippen LogP contribution in [0.2, 0.25) is 5.02 Å². The molecule has 0 fully saturated rings. The summed E-state index contributed by atoms with van der Waals surface area (Å²) in [7, 11) is 0. The first-order valence-electron chi connectivity index (χ1n) is 6.62. The van der Waals surface area contributed by atoms with Crippen LogP contribution in [0, 0.1) is 0 Å². The minimum Gasteiger partial charge on any atom is -0.308 e. The van der Waals surface area contributed by atoms with Gasteiger partial charge in [-0.3, -0.25) is 0 Å². The Balaban J connectivity index is 2.22. The zero-order chi connectivity index (χ0) is 15.5. The third-order valence-corrected chi connectivity index (χ3v) is 4.39. The lowest BCUT2D eigenvalue weighted by atomic mass is 9.92. The number of hydrazine groups is 1. The first kappa shape index (κ1) is 16.1. The van der Waals surface area contributed by atoms with Crippen molar-refractivity contribution < 1.29 is 0 Å². The monoisotopic (exact) mass is 322 g/mol. The number of halogens is 1. The van der Waals surface area contributed by atoms with E-state index in [1.54, 1.807) is 11.8 Å². The molecule has 0 bridgehead atoms. The predicted molar refractivity (Wildman–Crippen MR) is 89.6 cm³/mol. The van der Waals surface area contributed by atoms with Crippen molar-refractivity contribution in [1.29, 1.82) is 0 Å².